The highest BCUT2D eigenvalue weighted by Crippen LogP contribution is 2.27. The minimum absolute atomic E-state index is 0.0110. The topological polar surface area (TPSA) is 35.6 Å². The summed E-state index contributed by atoms with van der Waals surface area (Å²) in [5.41, 5.74) is 0. The number of likely N-dealkylation sites (N-methyl/N-ethyl adjacent to an activating group) is 2. The molecule has 2 aliphatic rings. The molecule has 110 valence electrons. The summed E-state index contributed by atoms with van der Waals surface area (Å²) < 4.78 is 0. The molecule has 0 aromatic heterocycles. The van der Waals surface area contributed by atoms with E-state index in [4.69, 9.17) is 0 Å². The molecular formula is C15H29N3O. The van der Waals surface area contributed by atoms with Crippen LogP contribution in [0, 0.1) is 0 Å². The smallest absolute Gasteiger partial charge is 0.241 e. The van der Waals surface area contributed by atoms with Crippen molar-refractivity contribution >= 4 is 5.91 Å². The maximum absolute atomic E-state index is 12.9. The van der Waals surface area contributed by atoms with Gasteiger partial charge in [0.05, 0.1) is 0 Å². The summed E-state index contributed by atoms with van der Waals surface area (Å²) >= 11 is 0. The third-order valence-electron chi connectivity index (χ3n) is 4.81. The average Bonchev–Trinajstić information content (AvgIpc) is 2.52. The monoisotopic (exact) mass is 267 g/mol. The Labute approximate surface area is 117 Å². The number of nitrogens with zero attached hydrogens (tertiary/aromatic N) is 2. The SMILES string of the molecule is CNCC1C(=O)N(C2CCCCC2)C(C)CCN1C. The first-order valence-electron chi connectivity index (χ1n) is 7.82. The molecule has 1 amide bonds. The summed E-state index contributed by atoms with van der Waals surface area (Å²) in [6, 6.07) is 0.888. The zero-order chi connectivity index (χ0) is 13.8. The van der Waals surface area contributed by atoms with Crippen LogP contribution < -0.4 is 5.32 Å². The van der Waals surface area contributed by atoms with Crippen LogP contribution in [0.5, 0.6) is 0 Å². The van der Waals surface area contributed by atoms with E-state index in [1.165, 1.54) is 32.1 Å². The van der Waals surface area contributed by atoms with Gasteiger partial charge in [-0.1, -0.05) is 19.3 Å². The number of nitrogens with one attached hydrogen (secondary N) is 1. The number of hydrogen-bond acceptors (Lipinski definition) is 3. The van der Waals surface area contributed by atoms with E-state index in [2.05, 4.69) is 29.1 Å². The van der Waals surface area contributed by atoms with E-state index in [1.807, 2.05) is 7.05 Å². The van der Waals surface area contributed by atoms with E-state index in [-0.39, 0.29) is 6.04 Å². The van der Waals surface area contributed by atoms with Crippen molar-refractivity contribution in [2.24, 2.45) is 0 Å². The Kier molecular flexibility index (Phi) is 5.22. The molecule has 4 heteroatoms. The number of carbonyl (C=O) groups is 1. The van der Waals surface area contributed by atoms with Crippen LogP contribution in [0.3, 0.4) is 0 Å². The van der Waals surface area contributed by atoms with E-state index in [0.29, 0.717) is 18.0 Å². The van der Waals surface area contributed by atoms with E-state index in [1.54, 1.807) is 0 Å². The highest BCUT2D eigenvalue weighted by molar-refractivity contribution is 5.83. The van der Waals surface area contributed by atoms with Gasteiger partial charge < -0.3 is 10.2 Å². The van der Waals surface area contributed by atoms with Gasteiger partial charge in [-0.2, -0.15) is 0 Å². The predicted molar refractivity (Wildman–Crippen MR) is 78.1 cm³/mol. The molecule has 4 nitrogen and oxygen atoms in total. The summed E-state index contributed by atoms with van der Waals surface area (Å²) in [4.78, 5) is 17.3. The fourth-order valence-electron chi connectivity index (χ4n) is 3.60. The van der Waals surface area contributed by atoms with Crippen LogP contribution in [-0.2, 0) is 4.79 Å². The second-order valence-electron chi connectivity index (χ2n) is 6.23. The van der Waals surface area contributed by atoms with Gasteiger partial charge in [-0.3, -0.25) is 9.69 Å². The fraction of sp³-hybridized carbons (Fsp3) is 0.933. The fourth-order valence-corrected chi connectivity index (χ4v) is 3.60. The van der Waals surface area contributed by atoms with Crippen LogP contribution in [0.4, 0.5) is 0 Å². The first kappa shape index (κ1) is 14.8. The molecule has 2 fully saturated rings. The number of hydrogen-bond donors (Lipinski definition) is 1. The van der Waals surface area contributed by atoms with E-state index in [0.717, 1.165) is 19.5 Å². The molecule has 1 N–H and O–H groups in total. The molecule has 0 aromatic rings. The normalized spacial score (nSPS) is 31.5. The Hall–Kier alpha value is -0.610. The van der Waals surface area contributed by atoms with E-state index in [9.17, 15) is 4.79 Å². The third-order valence-corrected chi connectivity index (χ3v) is 4.81. The molecule has 1 aliphatic carbocycles. The summed E-state index contributed by atoms with van der Waals surface area (Å²) in [7, 11) is 4.01. The van der Waals surface area contributed by atoms with Gasteiger partial charge in [-0.15, -0.1) is 0 Å². The minimum Gasteiger partial charge on any atom is -0.336 e. The lowest BCUT2D eigenvalue weighted by molar-refractivity contribution is -0.139. The average molecular weight is 267 g/mol. The Morgan fingerprint density at radius 1 is 1.21 bits per heavy atom. The van der Waals surface area contributed by atoms with E-state index >= 15 is 0 Å². The molecule has 1 saturated heterocycles. The number of rotatable bonds is 3. The second-order valence-corrected chi connectivity index (χ2v) is 6.23. The molecule has 2 unspecified atom stereocenters. The van der Waals surface area contributed by atoms with Crippen molar-refractivity contribution in [1.29, 1.82) is 0 Å². The lowest BCUT2D eigenvalue weighted by Crippen LogP contribution is -2.54. The van der Waals surface area contributed by atoms with Crippen molar-refractivity contribution in [3.05, 3.63) is 0 Å². The van der Waals surface area contributed by atoms with Crippen molar-refractivity contribution < 1.29 is 4.79 Å². The molecule has 1 heterocycles. The zero-order valence-electron chi connectivity index (χ0n) is 12.7. The van der Waals surface area contributed by atoms with Crippen molar-refractivity contribution in [1.82, 2.24) is 15.1 Å². The second kappa shape index (κ2) is 6.71. The molecule has 1 saturated carbocycles. The molecule has 0 bridgehead atoms. The van der Waals surface area contributed by atoms with Crippen LogP contribution in [0.25, 0.3) is 0 Å². The molecule has 1 aliphatic heterocycles. The zero-order valence-corrected chi connectivity index (χ0v) is 12.7. The van der Waals surface area contributed by atoms with Gasteiger partial charge in [0.15, 0.2) is 0 Å². The first-order chi connectivity index (χ1) is 9.15. The Bertz CT molecular complexity index is 302. The Balaban J connectivity index is 2.15. The van der Waals surface area contributed by atoms with Crippen molar-refractivity contribution in [3.63, 3.8) is 0 Å². The predicted octanol–water partition coefficient (Wildman–Crippen LogP) is 1.46. The van der Waals surface area contributed by atoms with Crippen LogP contribution in [0.2, 0.25) is 0 Å². The van der Waals surface area contributed by atoms with Gasteiger partial charge in [-0.05, 0) is 40.3 Å². The molecule has 0 aromatic carbocycles. The molecule has 19 heavy (non-hydrogen) atoms. The standard InChI is InChI=1S/C15H29N3O/c1-12-9-10-17(3)14(11-16-2)15(19)18(12)13-7-5-4-6-8-13/h12-14,16H,4-11H2,1-3H3. The lowest BCUT2D eigenvalue weighted by Gasteiger charge is -2.39. The summed E-state index contributed by atoms with van der Waals surface area (Å²) in [5.74, 6) is 0.341. The third kappa shape index (κ3) is 3.29. The minimum atomic E-state index is 0.0110. The highest BCUT2D eigenvalue weighted by Gasteiger charge is 2.37. The summed E-state index contributed by atoms with van der Waals surface area (Å²) in [6.07, 6.45) is 7.41. The Morgan fingerprint density at radius 3 is 2.53 bits per heavy atom. The van der Waals surface area contributed by atoms with Gasteiger partial charge >= 0.3 is 0 Å². The van der Waals surface area contributed by atoms with Gasteiger partial charge in [0.2, 0.25) is 5.91 Å². The molecule has 0 radical (unpaired) electrons. The quantitative estimate of drug-likeness (QED) is 0.841. The maximum Gasteiger partial charge on any atom is 0.241 e. The number of amides is 1. The van der Waals surface area contributed by atoms with Gasteiger partial charge in [-0.25, -0.2) is 0 Å². The Morgan fingerprint density at radius 2 is 1.89 bits per heavy atom. The summed E-state index contributed by atoms with van der Waals surface area (Å²) in [6.45, 7) is 4.00. The van der Waals surface area contributed by atoms with Gasteiger partial charge in [0.1, 0.15) is 6.04 Å². The van der Waals surface area contributed by atoms with Crippen LogP contribution in [0.15, 0.2) is 0 Å². The van der Waals surface area contributed by atoms with Crippen molar-refractivity contribution in [2.45, 2.75) is 63.6 Å². The van der Waals surface area contributed by atoms with Gasteiger partial charge in [0.25, 0.3) is 0 Å². The van der Waals surface area contributed by atoms with Crippen molar-refractivity contribution in [3.8, 4) is 0 Å². The molecule has 0 spiro atoms. The van der Waals surface area contributed by atoms with E-state index < -0.39 is 0 Å². The molecule has 2 atom stereocenters. The van der Waals surface area contributed by atoms with Gasteiger partial charge in [0, 0.05) is 25.2 Å². The van der Waals surface area contributed by atoms with Crippen LogP contribution >= 0.6 is 0 Å². The largest absolute Gasteiger partial charge is 0.336 e. The first-order valence-corrected chi connectivity index (χ1v) is 7.82. The van der Waals surface area contributed by atoms with Crippen LogP contribution in [-0.4, -0.2) is 61.0 Å². The molecule has 2 rings (SSSR count). The molecular weight excluding hydrogens is 238 g/mol. The van der Waals surface area contributed by atoms with Crippen molar-refractivity contribution in [2.75, 3.05) is 27.2 Å². The lowest BCUT2D eigenvalue weighted by atomic mass is 9.92. The number of carbonyl (C=O) groups excluding carboxylic acids is 1. The summed E-state index contributed by atoms with van der Waals surface area (Å²) in [5, 5.41) is 3.18. The van der Waals surface area contributed by atoms with Crippen LogP contribution in [0.1, 0.15) is 45.4 Å². The maximum atomic E-state index is 12.9. The highest BCUT2D eigenvalue weighted by atomic mass is 16.2.